The molecule has 0 aromatic carbocycles. The fraction of sp³-hybridized carbons (Fsp3) is 0.667. The topological polar surface area (TPSA) is 48.4 Å². The molecule has 2 N–H and O–H groups in total. The highest BCUT2D eigenvalue weighted by Gasteiger charge is 2.24. The molecule has 1 unspecified atom stereocenters. The smallest absolute Gasteiger partial charge is 0.0585 e. The molecule has 1 saturated carbocycles. The molecule has 0 aliphatic heterocycles. The molecular weight excluding hydrogens is 238 g/mol. The van der Waals surface area contributed by atoms with Crippen molar-refractivity contribution in [3.8, 4) is 0 Å². The van der Waals surface area contributed by atoms with E-state index in [0.29, 0.717) is 6.04 Å². The second-order valence-electron chi connectivity index (χ2n) is 5.48. The summed E-state index contributed by atoms with van der Waals surface area (Å²) < 4.78 is 0. The van der Waals surface area contributed by atoms with Gasteiger partial charge in [0.05, 0.1) is 6.61 Å². The molecule has 1 aliphatic carbocycles. The third-order valence-electron chi connectivity index (χ3n) is 3.60. The summed E-state index contributed by atoms with van der Waals surface area (Å²) in [6, 6.07) is 6.96. The van der Waals surface area contributed by atoms with Gasteiger partial charge in [-0.3, -0.25) is 4.98 Å². The van der Waals surface area contributed by atoms with Gasteiger partial charge in [0, 0.05) is 36.9 Å². The van der Waals surface area contributed by atoms with Gasteiger partial charge in [-0.25, -0.2) is 0 Å². The Morgan fingerprint density at radius 3 is 2.89 bits per heavy atom. The minimum atomic E-state index is 0.241. The van der Waals surface area contributed by atoms with E-state index in [2.05, 4.69) is 28.3 Å². The standard InChI is InChI=1S/C15H25N3O/c1-18(10-7-13-4-2-3-9-16-13)11-8-15(12-19)17-14-5-6-14/h2-4,9,14-15,17,19H,5-8,10-12H2,1H3. The SMILES string of the molecule is CN(CCc1ccccn1)CCC(CO)NC1CC1. The van der Waals surface area contributed by atoms with Crippen molar-refractivity contribution in [1.82, 2.24) is 15.2 Å². The normalized spacial score (nSPS) is 16.8. The van der Waals surface area contributed by atoms with Crippen LogP contribution >= 0.6 is 0 Å². The van der Waals surface area contributed by atoms with Crippen LogP contribution in [0.5, 0.6) is 0 Å². The first-order chi connectivity index (χ1) is 9.28. The van der Waals surface area contributed by atoms with Crippen molar-refractivity contribution in [2.75, 3.05) is 26.7 Å². The molecule has 4 heteroatoms. The molecule has 0 bridgehead atoms. The number of aliphatic hydroxyl groups excluding tert-OH is 1. The summed E-state index contributed by atoms with van der Waals surface area (Å²) in [5, 5.41) is 12.8. The summed E-state index contributed by atoms with van der Waals surface area (Å²) in [4.78, 5) is 6.64. The third kappa shape index (κ3) is 5.68. The van der Waals surface area contributed by atoms with Gasteiger partial charge < -0.3 is 15.3 Å². The predicted molar refractivity (Wildman–Crippen MR) is 77.1 cm³/mol. The van der Waals surface area contributed by atoms with E-state index >= 15 is 0 Å². The molecule has 0 radical (unpaired) electrons. The van der Waals surface area contributed by atoms with Gasteiger partial charge in [0.2, 0.25) is 0 Å². The fourth-order valence-corrected chi connectivity index (χ4v) is 2.15. The zero-order valence-electron chi connectivity index (χ0n) is 11.8. The van der Waals surface area contributed by atoms with E-state index in [1.54, 1.807) is 0 Å². The molecule has 0 amide bonds. The van der Waals surface area contributed by atoms with Gasteiger partial charge in [-0.2, -0.15) is 0 Å². The largest absolute Gasteiger partial charge is 0.395 e. The number of hydrogen-bond acceptors (Lipinski definition) is 4. The van der Waals surface area contributed by atoms with Gasteiger partial charge in [0.15, 0.2) is 0 Å². The Morgan fingerprint density at radius 2 is 2.26 bits per heavy atom. The number of rotatable bonds is 9. The lowest BCUT2D eigenvalue weighted by Crippen LogP contribution is -2.37. The Labute approximate surface area is 115 Å². The maximum Gasteiger partial charge on any atom is 0.0585 e. The van der Waals surface area contributed by atoms with Crippen LogP contribution in [0.1, 0.15) is 25.0 Å². The fourth-order valence-electron chi connectivity index (χ4n) is 2.15. The molecule has 1 atom stereocenters. The maximum atomic E-state index is 9.33. The van der Waals surface area contributed by atoms with E-state index in [1.165, 1.54) is 12.8 Å². The second-order valence-corrected chi connectivity index (χ2v) is 5.48. The average molecular weight is 263 g/mol. The lowest BCUT2D eigenvalue weighted by Gasteiger charge is -2.21. The highest BCUT2D eigenvalue weighted by Crippen LogP contribution is 2.19. The van der Waals surface area contributed by atoms with Crippen molar-refractivity contribution in [3.05, 3.63) is 30.1 Å². The van der Waals surface area contributed by atoms with Gasteiger partial charge in [-0.15, -0.1) is 0 Å². The Morgan fingerprint density at radius 1 is 1.42 bits per heavy atom. The number of nitrogens with zero attached hydrogens (tertiary/aromatic N) is 2. The summed E-state index contributed by atoms with van der Waals surface area (Å²) in [6.07, 6.45) is 6.37. The lowest BCUT2D eigenvalue weighted by molar-refractivity contribution is 0.216. The number of nitrogens with one attached hydrogen (secondary N) is 1. The number of aliphatic hydroxyl groups is 1. The molecule has 106 valence electrons. The zero-order valence-corrected chi connectivity index (χ0v) is 11.8. The van der Waals surface area contributed by atoms with E-state index in [9.17, 15) is 5.11 Å². The molecule has 1 aromatic rings. The summed E-state index contributed by atoms with van der Waals surface area (Å²) in [5.41, 5.74) is 1.14. The van der Waals surface area contributed by atoms with E-state index in [0.717, 1.165) is 31.6 Å². The molecule has 1 aromatic heterocycles. The number of pyridine rings is 1. The molecule has 1 fully saturated rings. The molecule has 19 heavy (non-hydrogen) atoms. The molecule has 2 rings (SSSR count). The first-order valence-electron chi connectivity index (χ1n) is 7.23. The van der Waals surface area contributed by atoms with E-state index < -0.39 is 0 Å². The summed E-state index contributed by atoms with van der Waals surface area (Å²) in [7, 11) is 2.13. The number of likely N-dealkylation sites (N-methyl/N-ethyl adjacent to an activating group) is 1. The first kappa shape index (κ1) is 14.4. The van der Waals surface area contributed by atoms with Crippen LogP contribution in [-0.4, -0.2) is 53.8 Å². The molecular formula is C15H25N3O. The molecule has 0 spiro atoms. The average Bonchev–Trinajstić information content (AvgIpc) is 3.26. The Kier molecular flexibility index (Phi) is 5.76. The number of hydrogen-bond donors (Lipinski definition) is 2. The molecule has 1 aliphatic rings. The van der Waals surface area contributed by atoms with E-state index in [1.807, 2.05) is 18.3 Å². The van der Waals surface area contributed by atoms with Crippen LogP contribution in [0, 0.1) is 0 Å². The van der Waals surface area contributed by atoms with E-state index in [-0.39, 0.29) is 12.6 Å². The van der Waals surface area contributed by atoms with Crippen LogP contribution in [0.4, 0.5) is 0 Å². The third-order valence-corrected chi connectivity index (χ3v) is 3.60. The van der Waals surface area contributed by atoms with Gasteiger partial charge in [-0.1, -0.05) is 6.07 Å². The van der Waals surface area contributed by atoms with Crippen LogP contribution in [-0.2, 0) is 6.42 Å². The molecule has 1 heterocycles. The van der Waals surface area contributed by atoms with Crippen molar-refractivity contribution in [3.63, 3.8) is 0 Å². The van der Waals surface area contributed by atoms with Gasteiger partial charge in [0.25, 0.3) is 0 Å². The monoisotopic (exact) mass is 263 g/mol. The highest BCUT2D eigenvalue weighted by molar-refractivity contribution is 5.03. The van der Waals surface area contributed by atoms with Gasteiger partial charge >= 0.3 is 0 Å². The van der Waals surface area contributed by atoms with Crippen molar-refractivity contribution in [2.24, 2.45) is 0 Å². The van der Waals surface area contributed by atoms with E-state index in [4.69, 9.17) is 0 Å². The molecule has 0 saturated heterocycles. The number of aromatic nitrogens is 1. The van der Waals surface area contributed by atoms with Gasteiger partial charge in [0.1, 0.15) is 0 Å². The summed E-state index contributed by atoms with van der Waals surface area (Å²) in [5.74, 6) is 0. The van der Waals surface area contributed by atoms with Crippen molar-refractivity contribution >= 4 is 0 Å². The summed E-state index contributed by atoms with van der Waals surface area (Å²) >= 11 is 0. The van der Waals surface area contributed by atoms with Crippen molar-refractivity contribution < 1.29 is 5.11 Å². The van der Waals surface area contributed by atoms with Crippen LogP contribution in [0.15, 0.2) is 24.4 Å². The van der Waals surface area contributed by atoms with Crippen molar-refractivity contribution in [2.45, 2.75) is 37.8 Å². The van der Waals surface area contributed by atoms with Crippen LogP contribution in [0.25, 0.3) is 0 Å². The van der Waals surface area contributed by atoms with Crippen molar-refractivity contribution in [1.29, 1.82) is 0 Å². The second kappa shape index (κ2) is 7.58. The maximum absolute atomic E-state index is 9.33. The predicted octanol–water partition coefficient (Wildman–Crippen LogP) is 1.06. The minimum Gasteiger partial charge on any atom is -0.395 e. The zero-order chi connectivity index (χ0) is 13.5. The quantitative estimate of drug-likeness (QED) is 0.699. The Bertz CT molecular complexity index is 354. The lowest BCUT2D eigenvalue weighted by atomic mass is 10.2. The first-order valence-corrected chi connectivity index (χ1v) is 7.23. The van der Waals surface area contributed by atoms with Crippen LogP contribution in [0.2, 0.25) is 0 Å². The minimum absolute atomic E-state index is 0.241. The highest BCUT2D eigenvalue weighted by atomic mass is 16.3. The Hall–Kier alpha value is -0.970. The van der Waals surface area contributed by atoms with Gasteiger partial charge in [-0.05, 0) is 45.0 Å². The Balaban J connectivity index is 1.61. The van der Waals surface area contributed by atoms with Crippen LogP contribution < -0.4 is 5.32 Å². The van der Waals surface area contributed by atoms with Crippen LogP contribution in [0.3, 0.4) is 0 Å². The molecule has 4 nitrogen and oxygen atoms in total. The summed E-state index contributed by atoms with van der Waals surface area (Å²) in [6.45, 7) is 2.26.